The van der Waals surface area contributed by atoms with Gasteiger partial charge in [0.2, 0.25) is 6.23 Å². The number of carbonyl (C=O) groups is 1. The quantitative estimate of drug-likeness (QED) is 0.685. The van der Waals surface area contributed by atoms with Gasteiger partial charge in [0.25, 0.3) is 5.91 Å². The summed E-state index contributed by atoms with van der Waals surface area (Å²) in [5.41, 5.74) is 1.67. The Balaban J connectivity index is 1.53. The molecule has 1 saturated heterocycles. The molecule has 8 nitrogen and oxygen atoms in total. The lowest BCUT2D eigenvalue weighted by Gasteiger charge is -2.21. The molecule has 30 heavy (non-hydrogen) atoms. The summed E-state index contributed by atoms with van der Waals surface area (Å²) < 4.78 is 33.9. The minimum atomic E-state index is -3.80. The Morgan fingerprint density at radius 1 is 1.27 bits per heavy atom. The second kappa shape index (κ2) is 7.86. The van der Waals surface area contributed by atoms with Gasteiger partial charge in [-0.05, 0) is 55.0 Å². The van der Waals surface area contributed by atoms with Crippen LogP contribution in [0.4, 0.5) is 14.6 Å². The number of aliphatic hydroxyl groups is 2. The van der Waals surface area contributed by atoms with E-state index in [1.54, 1.807) is 6.07 Å². The van der Waals surface area contributed by atoms with Gasteiger partial charge >= 0.3 is 11.6 Å². The molecule has 0 bridgehead atoms. The molecule has 0 radical (unpaired) electrons. The fourth-order valence-corrected chi connectivity index (χ4v) is 3.84. The van der Waals surface area contributed by atoms with Crippen molar-refractivity contribution < 1.29 is 28.5 Å². The van der Waals surface area contributed by atoms with Crippen LogP contribution in [-0.4, -0.2) is 50.4 Å². The van der Waals surface area contributed by atoms with Crippen molar-refractivity contribution >= 4 is 11.7 Å². The molecule has 2 heterocycles. The maximum Gasteiger partial charge on any atom is 0.351 e. The zero-order chi connectivity index (χ0) is 21.5. The van der Waals surface area contributed by atoms with Gasteiger partial charge in [-0.1, -0.05) is 6.07 Å². The van der Waals surface area contributed by atoms with Crippen molar-refractivity contribution in [2.24, 2.45) is 0 Å². The Hall–Kier alpha value is -2.69. The van der Waals surface area contributed by atoms with Crippen LogP contribution in [0.25, 0.3) is 0 Å². The smallest absolute Gasteiger partial charge is 0.351 e. The molecule has 10 heteroatoms. The van der Waals surface area contributed by atoms with Gasteiger partial charge in [0.15, 0.2) is 6.10 Å². The van der Waals surface area contributed by atoms with E-state index in [9.17, 15) is 23.5 Å². The van der Waals surface area contributed by atoms with Gasteiger partial charge in [-0.25, -0.2) is 4.79 Å². The Labute approximate surface area is 170 Å². The lowest BCUT2D eigenvalue weighted by molar-refractivity contribution is -0.140. The van der Waals surface area contributed by atoms with E-state index >= 15 is 0 Å². The summed E-state index contributed by atoms with van der Waals surface area (Å²) in [6.45, 7) is -0.829. The molecule has 2 aromatic rings. The third kappa shape index (κ3) is 3.62. The van der Waals surface area contributed by atoms with Gasteiger partial charge in [-0.2, -0.15) is 13.8 Å². The Morgan fingerprint density at radius 2 is 2.00 bits per heavy atom. The maximum atomic E-state index is 14.2. The number of rotatable bonds is 4. The molecule has 0 saturated carbocycles. The number of aryl methyl sites for hydroxylation is 2. The van der Waals surface area contributed by atoms with E-state index in [1.165, 1.54) is 11.6 Å². The monoisotopic (exact) mass is 421 g/mol. The number of carbonyl (C=O) groups excluding carboxylic acids is 1. The summed E-state index contributed by atoms with van der Waals surface area (Å²) >= 11 is 0. The van der Waals surface area contributed by atoms with Crippen LogP contribution in [0, 0.1) is 0 Å². The Kier molecular flexibility index (Phi) is 5.39. The van der Waals surface area contributed by atoms with Crippen LogP contribution < -0.4 is 11.0 Å². The van der Waals surface area contributed by atoms with Crippen molar-refractivity contribution in [3.63, 3.8) is 0 Å². The topological polar surface area (TPSA) is 114 Å². The molecule has 1 aromatic carbocycles. The molecule has 3 atom stereocenters. The number of fused-ring (bicyclic) bond motifs is 1. The number of nitrogens with zero attached hydrogens (tertiary/aromatic N) is 2. The minimum Gasteiger partial charge on any atom is -0.394 e. The zero-order valence-corrected chi connectivity index (χ0v) is 15.9. The highest BCUT2D eigenvalue weighted by atomic mass is 19.3. The van der Waals surface area contributed by atoms with Gasteiger partial charge in [-0.15, -0.1) is 0 Å². The molecule has 1 fully saturated rings. The van der Waals surface area contributed by atoms with Crippen LogP contribution in [0.5, 0.6) is 0 Å². The summed E-state index contributed by atoms with van der Waals surface area (Å²) in [5.74, 6) is -4.36. The highest BCUT2D eigenvalue weighted by Gasteiger charge is 2.59. The molecule has 1 amide bonds. The number of amides is 1. The molecule has 160 valence electrons. The van der Waals surface area contributed by atoms with Crippen molar-refractivity contribution in [2.45, 2.75) is 50.0 Å². The number of alkyl halides is 2. The number of nitrogens with one attached hydrogen (secondary N) is 1. The lowest BCUT2D eigenvalue weighted by atomic mass is 9.90. The number of aromatic nitrogens is 2. The van der Waals surface area contributed by atoms with Crippen molar-refractivity contribution in [3.8, 4) is 0 Å². The minimum absolute atomic E-state index is 0.0976. The van der Waals surface area contributed by atoms with E-state index < -0.39 is 42.6 Å². The predicted octanol–water partition coefficient (Wildman–Crippen LogP) is 1.26. The largest absolute Gasteiger partial charge is 0.394 e. The van der Waals surface area contributed by atoms with Crippen molar-refractivity contribution in [1.82, 2.24) is 9.55 Å². The van der Waals surface area contributed by atoms with Crippen LogP contribution in [0.3, 0.4) is 0 Å². The van der Waals surface area contributed by atoms with Crippen LogP contribution in [0.1, 0.15) is 40.6 Å². The number of aliphatic hydroxyl groups excluding tert-OH is 2. The molecule has 1 unspecified atom stereocenters. The first kappa shape index (κ1) is 20.6. The standard InChI is InChI=1S/C20H21F2N3O5/c21-20(22)16(27)14(10-26)30-18(20)25-8-7-15(24-19(25)29)23-17(28)13-6-5-11-3-1-2-4-12(11)9-13/h5-9,14,16,18,26-27H,1-4,10H2,(H,23,24,28,29)/t14-,16?,18-/m1/s1. The van der Waals surface area contributed by atoms with E-state index in [1.807, 2.05) is 12.1 Å². The summed E-state index contributed by atoms with van der Waals surface area (Å²) in [5, 5.41) is 21.1. The summed E-state index contributed by atoms with van der Waals surface area (Å²) in [4.78, 5) is 28.4. The van der Waals surface area contributed by atoms with Crippen LogP contribution in [-0.2, 0) is 17.6 Å². The Bertz CT molecular complexity index is 1030. The van der Waals surface area contributed by atoms with Gasteiger partial charge in [0.1, 0.15) is 11.9 Å². The highest BCUT2D eigenvalue weighted by molar-refractivity contribution is 6.03. The third-order valence-electron chi connectivity index (χ3n) is 5.49. The van der Waals surface area contributed by atoms with Gasteiger partial charge in [-0.3, -0.25) is 9.36 Å². The van der Waals surface area contributed by atoms with E-state index in [4.69, 9.17) is 9.84 Å². The van der Waals surface area contributed by atoms with E-state index in [0.717, 1.165) is 37.4 Å². The molecular formula is C20H21F2N3O5. The third-order valence-corrected chi connectivity index (χ3v) is 5.49. The number of hydrogen-bond donors (Lipinski definition) is 3. The molecule has 1 aromatic heterocycles. The highest BCUT2D eigenvalue weighted by Crippen LogP contribution is 2.42. The average Bonchev–Trinajstić information content (AvgIpc) is 2.96. The van der Waals surface area contributed by atoms with E-state index in [2.05, 4.69) is 10.3 Å². The van der Waals surface area contributed by atoms with Crippen LogP contribution >= 0.6 is 0 Å². The first-order valence-electron chi connectivity index (χ1n) is 9.66. The van der Waals surface area contributed by atoms with Gasteiger partial charge < -0.3 is 20.3 Å². The number of halogens is 2. The number of ether oxygens (including phenoxy) is 1. The molecule has 0 spiro atoms. The Morgan fingerprint density at radius 3 is 2.67 bits per heavy atom. The second-order valence-corrected chi connectivity index (χ2v) is 7.48. The van der Waals surface area contributed by atoms with E-state index in [-0.39, 0.29) is 5.82 Å². The van der Waals surface area contributed by atoms with Gasteiger partial charge in [0.05, 0.1) is 6.61 Å². The zero-order valence-electron chi connectivity index (χ0n) is 15.9. The van der Waals surface area contributed by atoms with Crippen molar-refractivity contribution in [3.05, 3.63) is 57.6 Å². The summed E-state index contributed by atoms with van der Waals surface area (Å²) in [6, 6.07) is 6.62. The fraction of sp³-hybridized carbons (Fsp3) is 0.450. The number of benzene rings is 1. The van der Waals surface area contributed by atoms with Gasteiger partial charge in [0, 0.05) is 11.8 Å². The summed E-state index contributed by atoms with van der Waals surface area (Å²) in [7, 11) is 0. The van der Waals surface area contributed by atoms with Crippen LogP contribution in [0.2, 0.25) is 0 Å². The molecule has 2 aliphatic rings. The van der Waals surface area contributed by atoms with E-state index in [0.29, 0.717) is 10.1 Å². The SMILES string of the molecule is O=C(Nc1ccn([C@@H]2O[C@H](CO)C(O)C2(F)F)c(=O)n1)c1ccc2c(c1)CCCC2. The molecule has 1 aliphatic heterocycles. The number of anilines is 1. The first-order valence-corrected chi connectivity index (χ1v) is 9.66. The maximum absolute atomic E-state index is 14.2. The van der Waals surface area contributed by atoms with Crippen LogP contribution in [0.15, 0.2) is 35.3 Å². The molecule has 3 N–H and O–H groups in total. The first-order chi connectivity index (χ1) is 14.3. The number of hydrogen-bond acceptors (Lipinski definition) is 6. The normalized spacial score (nSPS) is 25.0. The fourth-order valence-electron chi connectivity index (χ4n) is 3.84. The second-order valence-electron chi connectivity index (χ2n) is 7.48. The molecule has 1 aliphatic carbocycles. The average molecular weight is 421 g/mol. The summed E-state index contributed by atoms with van der Waals surface area (Å²) in [6.07, 6.45) is -0.824. The predicted molar refractivity (Wildman–Crippen MR) is 101 cm³/mol. The molecule has 4 rings (SSSR count). The lowest BCUT2D eigenvalue weighted by Crippen LogP contribution is -2.41. The van der Waals surface area contributed by atoms with Crippen molar-refractivity contribution in [2.75, 3.05) is 11.9 Å². The molecular weight excluding hydrogens is 400 g/mol. The van der Waals surface area contributed by atoms with Crippen molar-refractivity contribution in [1.29, 1.82) is 0 Å².